The second-order valence-corrected chi connectivity index (χ2v) is 4.81. The molecular formula is C11H14ClFIN. The number of halogens is 3. The largest absolute Gasteiger partial charge is 0.313 e. The van der Waals surface area contributed by atoms with Crippen molar-refractivity contribution < 1.29 is 4.39 Å². The molecule has 0 fully saturated rings. The Morgan fingerprint density at radius 2 is 2.13 bits per heavy atom. The molecule has 0 aliphatic heterocycles. The molecule has 1 aromatic carbocycles. The number of nitrogens with one attached hydrogen (secondary N) is 1. The van der Waals surface area contributed by atoms with Crippen LogP contribution in [0.1, 0.15) is 18.4 Å². The third kappa shape index (κ3) is 5.13. The van der Waals surface area contributed by atoms with Gasteiger partial charge in [0.05, 0.1) is 5.02 Å². The summed E-state index contributed by atoms with van der Waals surface area (Å²) in [6.45, 7) is 1.75. The van der Waals surface area contributed by atoms with Gasteiger partial charge in [-0.2, -0.15) is 0 Å². The molecule has 84 valence electrons. The van der Waals surface area contributed by atoms with Crippen molar-refractivity contribution in [3.63, 3.8) is 0 Å². The summed E-state index contributed by atoms with van der Waals surface area (Å²) in [5, 5.41) is 3.49. The quantitative estimate of drug-likeness (QED) is 0.472. The van der Waals surface area contributed by atoms with Crippen molar-refractivity contribution >= 4 is 34.2 Å². The highest BCUT2D eigenvalue weighted by atomic mass is 127. The lowest BCUT2D eigenvalue weighted by atomic mass is 10.2. The summed E-state index contributed by atoms with van der Waals surface area (Å²) in [5.41, 5.74) is 1.02. The fourth-order valence-electron chi connectivity index (χ4n) is 1.23. The standard InChI is InChI=1S/C11H14ClFIN/c12-10-7-9(3-4-11(10)13)8-15-6-2-1-5-14/h3-4,7,15H,1-2,5-6,8H2. The molecule has 0 aliphatic rings. The van der Waals surface area contributed by atoms with Crippen LogP contribution in [0.4, 0.5) is 4.39 Å². The molecule has 0 unspecified atom stereocenters. The Balaban J connectivity index is 2.28. The van der Waals surface area contributed by atoms with Gasteiger partial charge in [0.1, 0.15) is 5.82 Å². The van der Waals surface area contributed by atoms with Gasteiger partial charge in [-0.15, -0.1) is 0 Å². The summed E-state index contributed by atoms with van der Waals surface area (Å²) in [6, 6.07) is 4.83. The second kappa shape index (κ2) is 7.41. The summed E-state index contributed by atoms with van der Waals surface area (Å²) in [4.78, 5) is 0. The molecule has 0 aliphatic carbocycles. The predicted molar refractivity (Wildman–Crippen MR) is 71.2 cm³/mol. The van der Waals surface area contributed by atoms with Crippen LogP contribution in [0.3, 0.4) is 0 Å². The summed E-state index contributed by atoms with van der Waals surface area (Å²) in [7, 11) is 0. The molecule has 0 saturated carbocycles. The molecule has 0 saturated heterocycles. The van der Waals surface area contributed by atoms with Gasteiger partial charge in [0, 0.05) is 6.54 Å². The Morgan fingerprint density at radius 1 is 1.33 bits per heavy atom. The van der Waals surface area contributed by atoms with Crippen molar-refractivity contribution in [3.8, 4) is 0 Å². The number of rotatable bonds is 6. The predicted octanol–water partition coefficient (Wildman–Crippen LogP) is 3.78. The minimum Gasteiger partial charge on any atom is -0.313 e. The van der Waals surface area contributed by atoms with Crippen LogP contribution < -0.4 is 5.32 Å². The van der Waals surface area contributed by atoms with E-state index < -0.39 is 0 Å². The van der Waals surface area contributed by atoms with E-state index in [1.165, 1.54) is 23.3 Å². The summed E-state index contributed by atoms with van der Waals surface area (Å²) in [5.74, 6) is -0.356. The zero-order chi connectivity index (χ0) is 11.1. The Kier molecular flexibility index (Phi) is 6.52. The Labute approximate surface area is 109 Å². The van der Waals surface area contributed by atoms with Crippen LogP contribution in [0.15, 0.2) is 18.2 Å². The second-order valence-electron chi connectivity index (χ2n) is 3.32. The third-order valence-electron chi connectivity index (χ3n) is 2.05. The molecule has 1 nitrogen and oxygen atoms in total. The fraction of sp³-hybridized carbons (Fsp3) is 0.455. The van der Waals surface area contributed by atoms with E-state index in [0.29, 0.717) is 0 Å². The van der Waals surface area contributed by atoms with E-state index in [1.807, 2.05) is 0 Å². The summed E-state index contributed by atoms with van der Waals surface area (Å²) >= 11 is 8.04. The number of unbranched alkanes of at least 4 members (excludes halogenated alkanes) is 1. The van der Waals surface area contributed by atoms with E-state index >= 15 is 0 Å². The monoisotopic (exact) mass is 341 g/mol. The smallest absolute Gasteiger partial charge is 0.141 e. The molecule has 1 rings (SSSR count). The van der Waals surface area contributed by atoms with Crippen molar-refractivity contribution in [2.45, 2.75) is 19.4 Å². The minimum absolute atomic E-state index is 0.196. The van der Waals surface area contributed by atoms with Gasteiger partial charge < -0.3 is 5.32 Å². The third-order valence-corrected chi connectivity index (χ3v) is 3.10. The van der Waals surface area contributed by atoms with E-state index in [4.69, 9.17) is 11.6 Å². The van der Waals surface area contributed by atoms with Gasteiger partial charge in [0.15, 0.2) is 0 Å². The Morgan fingerprint density at radius 3 is 2.80 bits per heavy atom. The van der Waals surface area contributed by atoms with Gasteiger partial charge in [-0.3, -0.25) is 0 Å². The van der Waals surface area contributed by atoms with E-state index in [-0.39, 0.29) is 10.8 Å². The summed E-state index contributed by atoms with van der Waals surface area (Å²) < 4.78 is 14.0. The number of alkyl halides is 1. The fourth-order valence-corrected chi connectivity index (χ4v) is 1.97. The molecule has 15 heavy (non-hydrogen) atoms. The van der Waals surface area contributed by atoms with Gasteiger partial charge in [-0.25, -0.2) is 4.39 Å². The molecule has 0 aromatic heterocycles. The van der Waals surface area contributed by atoms with Crippen LogP contribution in [-0.2, 0) is 6.54 Å². The van der Waals surface area contributed by atoms with Gasteiger partial charge in [0.25, 0.3) is 0 Å². The van der Waals surface area contributed by atoms with Crippen LogP contribution >= 0.6 is 34.2 Å². The molecule has 0 spiro atoms. The number of hydrogen-bond acceptors (Lipinski definition) is 1. The molecule has 0 amide bonds. The molecule has 0 heterocycles. The lowest BCUT2D eigenvalue weighted by Crippen LogP contribution is -2.14. The van der Waals surface area contributed by atoms with E-state index in [0.717, 1.165) is 18.7 Å². The first-order chi connectivity index (χ1) is 7.24. The first-order valence-corrected chi connectivity index (χ1v) is 6.85. The maximum Gasteiger partial charge on any atom is 0.141 e. The maximum absolute atomic E-state index is 12.8. The van der Waals surface area contributed by atoms with Crippen molar-refractivity contribution in [1.82, 2.24) is 5.32 Å². The first-order valence-electron chi connectivity index (χ1n) is 4.94. The van der Waals surface area contributed by atoms with E-state index in [1.54, 1.807) is 12.1 Å². The molecule has 0 bridgehead atoms. The van der Waals surface area contributed by atoms with E-state index in [9.17, 15) is 4.39 Å². The average Bonchev–Trinajstić information content (AvgIpc) is 2.23. The number of hydrogen-bond donors (Lipinski definition) is 1. The highest BCUT2D eigenvalue weighted by Crippen LogP contribution is 2.15. The minimum atomic E-state index is -0.356. The zero-order valence-corrected chi connectivity index (χ0v) is 11.3. The normalized spacial score (nSPS) is 10.6. The first kappa shape index (κ1) is 13.2. The topological polar surface area (TPSA) is 12.0 Å². The van der Waals surface area contributed by atoms with Gasteiger partial charge >= 0.3 is 0 Å². The van der Waals surface area contributed by atoms with Crippen molar-refractivity contribution in [2.24, 2.45) is 0 Å². The lowest BCUT2D eigenvalue weighted by Gasteiger charge is -2.04. The van der Waals surface area contributed by atoms with Crippen molar-refractivity contribution in [3.05, 3.63) is 34.6 Å². The SMILES string of the molecule is Fc1ccc(CNCCCCI)cc1Cl. The van der Waals surface area contributed by atoms with Crippen molar-refractivity contribution in [2.75, 3.05) is 11.0 Å². The average molecular weight is 342 g/mol. The zero-order valence-electron chi connectivity index (χ0n) is 8.40. The molecule has 1 aromatic rings. The highest BCUT2D eigenvalue weighted by molar-refractivity contribution is 14.1. The van der Waals surface area contributed by atoms with Crippen LogP contribution in [0.5, 0.6) is 0 Å². The van der Waals surface area contributed by atoms with Crippen LogP contribution in [0.25, 0.3) is 0 Å². The van der Waals surface area contributed by atoms with Gasteiger partial charge in [-0.1, -0.05) is 40.3 Å². The van der Waals surface area contributed by atoms with Crippen LogP contribution in [0.2, 0.25) is 5.02 Å². The number of benzene rings is 1. The molecule has 4 heteroatoms. The van der Waals surface area contributed by atoms with Crippen LogP contribution in [0, 0.1) is 5.82 Å². The maximum atomic E-state index is 12.8. The van der Waals surface area contributed by atoms with E-state index in [2.05, 4.69) is 27.9 Å². The molecule has 0 atom stereocenters. The highest BCUT2D eigenvalue weighted by Gasteiger charge is 1.99. The Hall–Kier alpha value is 0.130. The molecule has 0 radical (unpaired) electrons. The van der Waals surface area contributed by atoms with Gasteiger partial charge in [0.2, 0.25) is 0 Å². The van der Waals surface area contributed by atoms with Gasteiger partial charge in [-0.05, 0) is 41.5 Å². The summed E-state index contributed by atoms with van der Waals surface area (Å²) in [6.07, 6.45) is 2.41. The van der Waals surface area contributed by atoms with Crippen molar-refractivity contribution in [1.29, 1.82) is 0 Å². The Bertz CT molecular complexity index is 307. The lowest BCUT2D eigenvalue weighted by molar-refractivity contribution is 0.622. The molecular weight excluding hydrogens is 327 g/mol. The molecule has 1 N–H and O–H groups in total. The van der Waals surface area contributed by atoms with Crippen LogP contribution in [-0.4, -0.2) is 11.0 Å².